The summed E-state index contributed by atoms with van der Waals surface area (Å²) in [4.78, 5) is 5.55. The fraction of sp³-hybridized carbons (Fsp3) is 0.0833. The van der Waals surface area contributed by atoms with Crippen molar-refractivity contribution in [1.82, 2.24) is 9.38 Å². The maximum absolute atomic E-state index is 5.89. The number of nitrogens with zero attached hydrogens (tertiary/aromatic N) is 2. The van der Waals surface area contributed by atoms with E-state index in [4.69, 9.17) is 11.6 Å². The number of fused-ring (bicyclic) bond motifs is 1. The molecule has 80 valence electrons. The van der Waals surface area contributed by atoms with Crippen molar-refractivity contribution in [3.63, 3.8) is 0 Å². The van der Waals surface area contributed by atoms with Gasteiger partial charge in [0.15, 0.2) is 4.96 Å². The highest BCUT2D eigenvalue weighted by molar-refractivity contribution is 7.15. The molecule has 0 unspecified atom stereocenters. The van der Waals surface area contributed by atoms with Crippen LogP contribution in [0.5, 0.6) is 0 Å². The minimum Gasteiger partial charge on any atom is -0.290 e. The SMILES string of the molecule is Cc1nc2sccn2c1-c1ccc(Cl)cc1. The second kappa shape index (κ2) is 3.61. The van der Waals surface area contributed by atoms with Crippen molar-refractivity contribution in [2.24, 2.45) is 0 Å². The summed E-state index contributed by atoms with van der Waals surface area (Å²) in [5.74, 6) is 0. The predicted octanol–water partition coefficient (Wildman–Crippen LogP) is 4.02. The Labute approximate surface area is 102 Å². The molecule has 0 saturated heterocycles. The zero-order valence-electron chi connectivity index (χ0n) is 8.64. The van der Waals surface area contributed by atoms with Crippen LogP contribution in [0.25, 0.3) is 16.2 Å². The summed E-state index contributed by atoms with van der Waals surface area (Å²) in [5, 5.41) is 2.80. The van der Waals surface area contributed by atoms with E-state index < -0.39 is 0 Å². The van der Waals surface area contributed by atoms with E-state index in [0.717, 1.165) is 26.9 Å². The second-order valence-electron chi connectivity index (χ2n) is 3.61. The molecule has 0 aliphatic heterocycles. The minimum atomic E-state index is 0.757. The smallest absolute Gasteiger partial charge is 0.194 e. The molecular weight excluding hydrogens is 240 g/mol. The Morgan fingerprint density at radius 3 is 2.75 bits per heavy atom. The number of hydrogen-bond acceptors (Lipinski definition) is 2. The van der Waals surface area contributed by atoms with Gasteiger partial charge in [-0.3, -0.25) is 4.40 Å². The number of aryl methyl sites for hydroxylation is 1. The molecule has 2 nitrogen and oxygen atoms in total. The number of halogens is 1. The molecule has 2 heterocycles. The van der Waals surface area contributed by atoms with Crippen LogP contribution < -0.4 is 0 Å². The number of imidazole rings is 1. The van der Waals surface area contributed by atoms with E-state index in [1.165, 1.54) is 0 Å². The van der Waals surface area contributed by atoms with E-state index >= 15 is 0 Å². The summed E-state index contributed by atoms with van der Waals surface area (Å²) in [6.45, 7) is 2.03. The van der Waals surface area contributed by atoms with Crippen LogP contribution in [-0.4, -0.2) is 9.38 Å². The van der Waals surface area contributed by atoms with Gasteiger partial charge >= 0.3 is 0 Å². The number of thiazole rings is 1. The highest BCUT2D eigenvalue weighted by atomic mass is 35.5. The van der Waals surface area contributed by atoms with Crippen molar-refractivity contribution in [3.8, 4) is 11.3 Å². The minimum absolute atomic E-state index is 0.757. The van der Waals surface area contributed by atoms with Crippen LogP contribution >= 0.6 is 22.9 Å². The third-order valence-corrected chi connectivity index (χ3v) is 3.56. The number of benzene rings is 1. The van der Waals surface area contributed by atoms with E-state index in [0.29, 0.717) is 0 Å². The predicted molar refractivity (Wildman–Crippen MR) is 68.3 cm³/mol. The Kier molecular flexibility index (Phi) is 2.23. The largest absolute Gasteiger partial charge is 0.290 e. The maximum atomic E-state index is 5.89. The molecule has 0 aliphatic carbocycles. The summed E-state index contributed by atoms with van der Waals surface area (Å²) in [7, 11) is 0. The molecule has 0 atom stereocenters. The van der Waals surface area contributed by atoms with Crippen molar-refractivity contribution in [1.29, 1.82) is 0 Å². The fourth-order valence-electron chi connectivity index (χ4n) is 1.85. The van der Waals surface area contributed by atoms with Gasteiger partial charge in [-0.1, -0.05) is 23.7 Å². The molecule has 0 N–H and O–H groups in total. The molecule has 3 aromatic rings. The summed E-state index contributed by atoms with van der Waals surface area (Å²) < 4.78 is 2.11. The molecule has 0 saturated carbocycles. The Morgan fingerprint density at radius 2 is 2.00 bits per heavy atom. The number of hydrogen-bond donors (Lipinski definition) is 0. The highest BCUT2D eigenvalue weighted by Crippen LogP contribution is 2.27. The average molecular weight is 249 g/mol. The first-order valence-corrected chi connectivity index (χ1v) is 6.19. The molecule has 4 heteroatoms. The second-order valence-corrected chi connectivity index (χ2v) is 4.92. The molecule has 0 bridgehead atoms. The van der Waals surface area contributed by atoms with E-state index in [-0.39, 0.29) is 0 Å². The van der Waals surface area contributed by atoms with Gasteiger partial charge in [0, 0.05) is 22.2 Å². The molecule has 0 fully saturated rings. The number of aromatic nitrogens is 2. The lowest BCUT2D eigenvalue weighted by Crippen LogP contribution is -1.85. The maximum Gasteiger partial charge on any atom is 0.194 e. The number of rotatable bonds is 1. The van der Waals surface area contributed by atoms with Crippen LogP contribution in [0.1, 0.15) is 5.69 Å². The summed E-state index contributed by atoms with van der Waals surface area (Å²) >= 11 is 7.54. The summed E-state index contributed by atoms with van der Waals surface area (Å²) in [5.41, 5.74) is 3.34. The lowest BCUT2D eigenvalue weighted by Gasteiger charge is -2.01. The Hall–Kier alpha value is -1.32. The average Bonchev–Trinajstić information content (AvgIpc) is 2.79. The zero-order chi connectivity index (χ0) is 11.1. The molecule has 16 heavy (non-hydrogen) atoms. The van der Waals surface area contributed by atoms with Gasteiger partial charge in [-0.25, -0.2) is 4.98 Å². The van der Waals surface area contributed by atoms with Crippen LogP contribution in [0.15, 0.2) is 35.8 Å². The first kappa shape index (κ1) is 9.87. The van der Waals surface area contributed by atoms with Gasteiger partial charge < -0.3 is 0 Å². The zero-order valence-corrected chi connectivity index (χ0v) is 10.2. The first-order chi connectivity index (χ1) is 7.75. The standard InChI is InChI=1S/C12H9ClN2S/c1-8-11(9-2-4-10(13)5-3-9)15-6-7-16-12(15)14-8/h2-7H,1H3. The van der Waals surface area contributed by atoms with Crippen molar-refractivity contribution in [3.05, 3.63) is 46.6 Å². The van der Waals surface area contributed by atoms with Gasteiger partial charge in [0.2, 0.25) is 0 Å². The molecule has 3 rings (SSSR count). The van der Waals surface area contributed by atoms with Gasteiger partial charge in [0.25, 0.3) is 0 Å². The quantitative estimate of drug-likeness (QED) is 0.636. The van der Waals surface area contributed by atoms with Crippen molar-refractivity contribution in [2.75, 3.05) is 0 Å². The topological polar surface area (TPSA) is 17.3 Å². The van der Waals surface area contributed by atoms with Gasteiger partial charge in [-0.05, 0) is 19.1 Å². The molecule has 1 aromatic carbocycles. The van der Waals surface area contributed by atoms with E-state index in [9.17, 15) is 0 Å². The van der Waals surface area contributed by atoms with Gasteiger partial charge in [-0.15, -0.1) is 11.3 Å². The fourth-order valence-corrected chi connectivity index (χ4v) is 2.74. The Morgan fingerprint density at radius 1 is 1.25 bits per heavy atom. The highest BCUT2D eigenvalue weighted by Gasteiger charge is 2.10. The van der Waals surface area contributed by atoms with Gasteiger partial charge in [0.1, 0.15) is 0 Å². The molecule has 0 spiro atoms. The van der Waals surface area contributed by atoms with Gasteiger partial charge in [0.05, 0.1) is 11.4 Å². The van der Waals surface area contributed by atoms with Crippen LogP contribution in [0, 0.1) is 6.92 Å². The van der Waals surface area contributed by atoms with E-state index in [1.54, 1.807) is 11.3 Å². The third kappa shape index (κ3) is 1.44. The van der Waals surface area contributed by atoms with Crippen molar-refractivity contribution >= 4 is 27.9 Å². The third-order valence-electron chi connectivity index (χ3n) is 2.55. The van der Waals surface area contributed by atoms with Crippen molar-refractivity contribution in [2.45, 2.75) is 6.92 Å². The monoisotopic (exact) mass is 248 g/mol. The first-order valence-electron chi connectivity index (χ1n) is 4.94. The van der Waals surface area contributed by atoms with Crippen LogP contribution in [0.2, 0.25) is 5.02 Å². The van der Waals surface area contributed by atoms with Gasteiger partial charge in [-0.2, -0.15) is 0 Å². The molecule has 0 aliphatic rings. The van der Waals surface area contributed by atoms with Crippen LogP contribution in [-0.2, 0) is 0 Å². The molecule has 0 radical (unpaired) electrons. The summed E-state index contributed by atoms with van der Waals surface area (Å²) in [6.07, 6.45) is 2.05. The lowest BCUT2D eigenvalue weighted by molar-refractivity contribution is 1.23. The Bertz CT molecular complexity index is 637. The van der Waals surface area contributed by atoms with Crippen LogP contribution in [0.3, 0.4) is 0 Å². The summed E-state index contributed by atoms with van der Waals surface area (Å²) in [6, 6.07) is 7.86. The molecule has 0 amide bonds. The van der Waals surface area contributed by atoms with Crippen molar-refractivity contribution < 1.29 is 0 Å². The van der Waals surface area contributed by atoms with E-state index in [2.05, 4.69) is 9.38 Å². The lowest BCUT2D eigenvalue weighted by atomic mass is 10.1. The molecular formula is C12H9ClN2S. The Balaban J connectivity index is 2.28. The molecule has 2 aromatic heterocycles. The normalized spacial score (nSPS) is 11.1. The van der Waals surface area contributed by atoms with Crippen LogP contribution in [0.4, 0.5) is 0 Å². The van der Waals surface area contributed by atoms with E-state index in [1.807, 2.05) is 42.8 Å².